The maximum absolute atomic E-state index is 2.52. The summed E-state index contributed by atoms with van der Waals surface area (Å²) in [5.41, 5.74) is 1.53. The average Bonchev–Trinajstić information content (AvgIpc) is 2.34. The van der Waals surface area contributed by atoms with Gasteiger partial charge in [-0.2, -0.15) is 0 Å². The predicted octanol–water partition coefficient (Wildman–Crippen LogP) is 5.82. The Balaban J connectivity index is 2.19. The summed E-state index contributed by atoms with van der Waals surface area (Å²) in [5.74, 6) is 0. The number of rotatable bonds is 9. The largest absolute Gasteiger partial charge is 0.0837 e. The van der Waals surface area contributed by atoms with E-state index in [1.807, 2.05) is 0 Å². The third kappa shape index (κ3) is 7.17. The minimum Gasteiger partial charge on any atom is -0.0654 e. The highest BCUT2D eigenvalue weighted by molar-refractivity contribution is 7.73. The van der Waals surface area contributed by atoms with Crippen LogP contribution >= 0.6 is 7.26 Å². The van der Waals surface area contributed by atoms with Crippen molar-refractivity contribution in [3.8, 4) is 0 Å². The normalized spacial score (nSPS) is 11.7. The van der Waals surface area contributed by atoms with E-state index in [4.69, 9.17) is 0 Å². The minimum atomic E-state index is -0.720. The lowest BCUT2D eigenvalue weighted by Crippen LogP contribution is -1.99. The zero-order valence-corrected chi connectivity index (χ0v) is 13.4. The molecule has 0 radical (unpaired) electrons. The first-order valence-electron chi connectivity index (χ1n) is 7.50. The van der Waals surface area contributed by atoms with Crippen LogP contribution < -0.4 is 0 Å². The van der Waals surface area contributed by atoms with Gasteiger partial charge in [0.1, 0.15) is 0 Å². The lowest BCUT2D eigenvalue weighted by Gasteiger charge is -2.18. The van der Waals surface area contributed by atoms with Gasteiger partial charge in [0.05, 0.1) is 12.3 Å². The van der Waals surface area contributed by atoms with Gasteiger partial charge in [-0.15, -0.1) is 0 Å². The summed E-state index contributed by atoms with van der Waals surface area (Å²) in [4.78, 5) is 0. The molecule has 0 unspecified atom stereocenters. The molecule has 0 spiro atoms. The van der Waals surface area contributed by atoms with Gasteiger partial charge >= 0.3 is 0 Å². The predicted molar refractivity (Wildman–Crippen MR) is 87.2 cm³/mol. The smallest absolute Gasteiger partial charge is 0.0654 e. The van der Waals surface area contributed by atoms with Crippen molar-refractivity contribution in [3.63, 3.8) is 0 Å². The van der Waals surface area contributed by atoms with E-state index in [9.17, 15) is 0 Å². The van der Waals surface area contributed by atoms with Crippen LogP contribution in [0.5, 0.6) is 0 Å². The Morgan fingerprint density at radius 3 is 2.11 bits per heavy atom. The van der Waals surface area contributed by atoms with Crippen LogP contribution in [0.3, 0.4) is 0 Å². The lowest BCUT2D eigenvalue weighted by atomic mass is 10.1. The average molecular weight is 265 g/mol. The van der Waals surface area contributed by atoms with Gasteiger partial charge in [-0.1, -0.05) is 62.9 Å². The topological polar surface area (TPSA) is 0 Å². The summed E-state index contributed by atoms with van der Waals surface area (Å²) in [6.07, 6.45) is 11.3. The van der Waals surface area contributed by atoms with Crippen LogP contribution in [0.25, 0.3) is 0 Å². The third-order valence-electron chi connectivity index (χ3n) is 3.57. The summed E-state index contributed by atoms with van der Waals surface area (Å²) in [7, 11) is -0.720. The van der Waals surface area contributed by atoms with Crippen LogP contribution in [0.4, 0.5) is 0 Å². The Morgan fingerprint density at radius 2 is 1.44 bits per heavy atom. The number of benzene rings is 1. The quantitative estimate of drug-likeness (QED) is 0.389. The van der Waals surface area contributed by atoms with Gasteiger partial charge in [0.2, 0.25) is 0 Å². The molecule has 1 heteroatoms. The molecule has 1 aromatic carbocycles. The van der Waals surface area contributed by atoms with Crippen molar-refractivity contribution in [1.29, 1.82) is 0 Å². The van der Waals surface area contributed by atoms with Crippen molar-refractivity contribution < 1.29 is 0 Å². The summed E-state index contributed by atoms with van der Waals surface area (Å²) < 4.78 is 0. The molecule has 1 rings (SSSR count). The van der Waals surface area contributed by atoms with Crippen molar-refractivity contribution >= 4 is 7.26 Å². The Bertz CT molecular complexity index is 303. The van der Waals surface area contributed by atoms with E-state index in [1.165, 1.54) is 56.4 Å². The van der Waals surface area contributed by atoms with Gasteiger partial charge in [0, 0.05) is 20.6 Å². The number of hydrogen-bond acceptors (Lipinski definition) is 0. The molecule has 0 nitrogen and oxygen atoms in total. The van der Waals surface area contributed by atoms with E-state index in [2.05, 4.69) is 50.6 Å². The molecule has 0 fully saturated rings. The minimum absolute atomic E-state index is 0.720. The van der Waals surface area contributed by atoms with Gasteiger partial charge in [0.15, 0.2) is 0 Å². The Hall–Kier alpha value is -0.350. The van der Waals surface area contributed by atoms with Gasteiger partial charge in [-0.3, -0.25) is 0 Å². The van der Waals surface area contributed by atoms with Crippen molar-refractivity contribution in [1.82, 2.24) is 0 Å². The fourth-order valence-corrected chi connectivity index (χ4v) is 4.91. The maximum atomic E-state index is 2.52. The molecule has 0 atom stereocenters. The molecule has 0 bridgehead atoms. The van der Waals surface area contributed by atoms with E-state index in [0.717, 1.165) is 0 Å². The highest BCUT2D eigenvalue weighted by Crippen LogP contribution is 2.54. The molecule has 0 saturated carbocycles. The molecule has 0 aromatic heterocycles. The molecule has 0 saturated heterocycles. The van der Waals surface area contributed by atoms with E-state index in [1.54, 1.807) is 0 Å². The van der Waals surface area contributed by atoms with Gasteiger partial charge in [0.25, 0.3) is 0 Å². The second-order valence-electron chi connectivity index (χ2n) is 6.07. The highest BCUT2D eigenvalue weighted by atomic mass is 31.2. The Kier molecular flexibility index (Phi) is 7.59. The van der Waals surface area contributed by atoms with Gasteiger partial charge in [-0.25, -0.2) is 0 Å². The standard InChI is InChI=1S/C17H30P/c1-4-5-6-7-8-12-15-18(2,3)16-17-13-10-9-11-14-17/h9-11,13-14H,4-8,12,15-16H2,1-3H3/q+1. The first-order chi connectivity index (χ1) is 8.64. The molecule has 102 valence electrons. The molecule has 0 heterocycles. The molecular formula is C17H30P+. The van der Waals surface area contributed by atoms with E-state index < -0.39 is 7.26 Å². The first kappa shape index (κ1) is 15.7. The fraction of sp³-hybridized carbons (Fsp3) is 0.647. The summed E-state index contributed by atoms with van der Waals surface area (Å²) in [6.45, 7) is 7.33. The molecule has 0 aliphatic rings. The lowest BCUT2D eigenvalue weighted by molar-refractivity contribution is 0.625. The second kappa shape index (κ2) is 8.70. The number of hydrogen-bond donors (Lipinski definition) is 0. The molecule has 0 aliphatic heterocycles. The van der Waals surface area contributed by atoms with Crippen LogP contribution in [0.15, 0.2) is 30.3 Å². The molecule has 1 aromatic rings. The molecule has 18 heavy (non-hydrogen) atoms. The zero-order valence-electron chi connectivity index (χ0n) is 12.5. The van der Waals surface area contributed by atoms with Crippen molar-refractivity contribution in [2.45, 2.75) is 51.6 Å². The van der Waals surface area contributed by atoms with E-state index in [-0.39, 0.29) is 0 Å². The van der Waals surface area contributed by atoms with E-state index >= 15 is 0 Å². The molecule has 0 aliphatic carbocycles. The van der Waals surface area contributed by atoms with Crippen LogP contribution in [0.1, 0.15) is 51.0 Å². The zero-order chi connectivity index (χ0) is 13.3. The van der Waals surface area contributed by atoms with Crippen LogP contribution in [-0.2, 0) is 6.16 Å². The van der Waals surface area contributed by atoms with Crippen molar-refractivity contribution in [3.05, 3.63) is 35.9 Å². The van der Waals surface area contributed by atoms with Crippen molar-refractivity contribution in [2.75, 3.05) is 19.5 Å². The maximum Gasteiger partial charge on any atom is 0.0837 e. The first-order valence-corrected chi connectivity index (χ1v) is 10.6. The SMILES string of the molecule is CCCCCCCC[P+](C)(C)Cc1ccccc1. The second-order valence-corrected chi connectivity index (χ2v) is 10.7. The number of unbranched alkanes of at least 4 members (excludes halogenated alkanes) is 5. The molecule has 0 N–H and O–H groups in total. The van der Waals surface area contributed by atoms with Gasteiger partial charge in [-0.05, 0) is 18.4 Å². The fourth-order valence-electron chi connectivity index (χ4n) is 2.48. The molecule has 0 amide bonds. The van der Waals surface area contributed by atoms with E-state index in [0.29, 0.717) is 0 Å². The highest BCUT2D eigenvalue weighted by Gasteiger charge is 2.24. The van der Waals surface area contributed by atoms with Crippen LogP contribution in [-0.4, -0.2) is 19.5 Å². The summed E-state index contributed by atoms with van der Waals surface area (Å²) in [5, 5.41) is 0. The monoisotopic (exact) mass is 265 g/mol. The third-order valence-corrected chi connectivity index (χ3v) is 6.32. The van der Waals surface area contributed by atoms with Gasteiger partial charge < -0.3 is 0 Å². The van der Waals surface area contributed by atoms with Crippen LogP contribution in [0, 0.1) is 0 Å². The summed E-state index contributed by atoms with van der Waals surface area (Å²) in [6, 6.07) is 11.0. The Morgan fingerprint density at radius 1 is 0.833 bits per heavy atom. The van der Waals surface area contributed by atoms with Crippen molar-refractivity contribution in [2.24, 2.45) is 0 Å². The molecular weight excluding hydrogens is 235 g/mol. The summed E-state index contributed by atoms with van der Waals surface area (Å²) >= 11 is 0. The van der Waals surface area contributed by atoms with Crippen LogP contribution in [0.2, 0.25) is 0 Å². The Labute approximate surface area is 115 Å².